The molecule has 3 aromatic carbocycles. The van der Waals surface area contributed by atoms with Gasteiger partial charge in [0.15, 0.2) is 10.7 Å². The maximum absolute atomic E-state index is 14.1. The highest BCUT2D eigenvalue weighted by molar-refractivity contribution is 7.90. The van der Waals surface area contributed by atoms with Crippen LogP contribution in [0.2, 0.25) is 0 Å². The van der Waals surface area contributed by atoms with Crippen LogP contribution < -0.4 is 24.4 Å². The van der Waals surface area contributed by atoms with Gasteiger partial charge in [0.25, 0.3) is 15.9 Å². The zero-order valence-corrected chi connectivity index (χ0v) is 37.2. The van der Waals surface area contributed by atoms with Crippen LogP contribution in [-0.2, 0) is 16.4 Å². The summed E-state index contributed by atoms with van der Waals surface area (Å²) in [5.41, 5.74) is 5.10. The largest absolute Gasteiger partial charge is 0.474 e. The second-order valence-electron chi connectivity index (χ2n) is 18.3. The van der Waals surface area contributed by atoms with Crippen LogP contribution in [0, 0.1) is 15.5 Å². The Balaban J connectivity index is 0.859. The van der Waals surface area contributed by atoms with Gasteiger partial charge in [-0.25, -0.2) is 9.71 Å². The smallest absolute Gasteiger partial charge is 0.300 e. The Hall–Kier alpha value is -6.52. The monoisotopic (exact) mass is 896 g/mol. The molecule has 6 aromatic rings. The van der Waals surface area contributed by atoms with Crippen LogP contribution in [0.3, 0.4) is 0 Å². The van der Waals surface area contributed by atoms with E-state index in [1.807, 2.05) is 36.4 Å². The topological polar surface area (TPSA) is 185 Å². The van der Waals surface area contributed by atoms with Crippen LogP contribution in [0.4, 0.5) is 17.1 Å². The maximum atomic E-state index is 14.1. The maximum Gasteiger partial charge on any atom is 0.300 e. The number of hydrogen-bond acceptors (Lipinski definition) is 12. The van der Waals surface area contributed by atoms with Crippen molar-refractivity contribution in [1.82, 2.24) is 24.6 Å². The first-order valence-corrected chi connectivity index (χ1v) is 23.9. The van der Waals surface area contributed by atoms with Crippen molar-refractivity contribution in [3.8, 4) is 17.4 Å². The lowest BCUT2D eigenvalue weighted by molar-refractivity contribution is -0.384. The average Bonchev–Trinajstić information content (AvgIpc) is 3.98. The van der Waals surface area contributed by atoms with E-state index in [1.165, 1.54) is 43.0 Å². The van der Waals surface area contributed by atoms with Crippen molar-refractivity contribution in [1.29, 1.82) is 0 Å². The number of nitrogens with one attached hydrogen (secondary N) is 3. The van der Waals surface area contributed by atoms with E-state index in [4.69, 9.17) is 9.47 Å². The van der Waals surface area contributed by atoms with Crippen molar-refractivity contribution in [3.05, 3.63) is 136 Å². The van der Waals surface area contributed by atoms with E-state index < -0.39 is 31.6 Å². The van der Waals surface area contributed by atoms with Crippen molar-refractivity contribution in [2.75, 3.05) is 36.5 Å². The number of aromatic amines is 1. The van der Waals surface area contributed by atoms with Crippen molar-refractivity contribution in [2.45, 2.75) is 87.9 Å². The van der Waals surface area contributed by atoms with Gasteiger partial charge < -0.3 is 24.7 Å². The SMILES string of the molecule is CC(C)c1ccccc1[C@H]1CCCN1C1CC2(CCN(c3ccc(C(=O)NS(=O)(=O)c4cc([N+](=O)[O-])c5c(n4)OC[C@H](Cc4ccccc4)N5)c(Oc4cnc5[nH]ccc5c4)c3)CC2)C1. The number of piperidine rings is 1. The number of nitrogens with zero attached hydrogens (tertiary/aromatic N) is 5. The van der Waals surface area contributed by atoms with Crippen LogP contribution >= 0.6 is 0 Å². The molecule has 10 rings (SSSR count). The lowest BCUT2D eigenvalue weighted by Gasteiger charge is -2.56. The van der Waals surface area contributed by atoms with Gasteiger partial charge in [-0.2, -0.15) is 13.4 Å². The third-order valence-corrected chi connectivity index (χ3v) is 15.0. The molecule has 1 saturated carbocycles. The fraction of sp³-hybridized carbons (Fsp3) is 0.367. The van der Waals surface area contributed by atoms with Crippen LogP contribution in [0.15, 0.2) is 108 Å². The molecule has 16 heteroatoms. The second kappa shape index (κ2) is 17.1. The first-order valence-electron chi connectivity index (χ1n) is 22.5. The van der Waals surface area contributed by atoms with Crippen LogP contribution in [0.25, 0.3) is 11.0 Å². The normalized spacial score (nSPS) is 19.6. The summed E-state index contributed by atoms with van der Waals surface area (Å²) in [6.45, 7) is 7.46. The van der Waals surface area contributed by atoms with Gasteiger partial charge in [0.1, 0.15) is 23.8 Å². The Bertz CT molecular complexity index is 2870. The highest BCUT2D eigenvalue weighted by Gasteiger charge is 2.50. The minimum atomic E-state index is -4.76. The molecule has 3 aromatic heterocycles. The van der Waals surface area contributed by atoms with E-state index in [1.54, 1.807) is 30.5 Å². The van der Waals surface area contributed by atoms with E-state index in [-0.39, 0.29) is 35.5 Å². The van der Waals surface area contributed by atoms with Crippen LogP contribution in [0.5, 0.6) is 17.4 Å². The number of anilines is 2. The fourth-order valence-electron chi connectivity index (χ4n) is 10.5. The summed E-state index contributed by atoms with van der Waals surface area (Å²) in [6, 6.07) is 28.8. The van der Waals surface area contributed by atoms with Gasteiger partial charge in [0.05, 0.1) is 28.8 Å². The molecule has 65 heavy (non-hydrogen) atoms. The number of likely N-dealkylation sites (tertiary alicyclic amines) is 1. The number of rotatable bonds is 12. The minimum Gasteiger partial charge on any atom is -0.474 e. The van der Waals surface area contributed by atoms with Crippen molar-refractivity contribution in [3.63, 3.8) is 0 Å². The van der Waals surface area contributed by atoms with Gasteiger partial charge in [-0.3, -0.25) is 19.8 Å². The number of benzene rings is 3. The molecule has 1 aliphatic carbocycles. The zero-order chi connectivity index (χ0) is 44.9. The van der Waals surface area contributed by atoms with E-state index in [0.717, 1.165) is 55.2 Å². The third kappa shape index (κ3) is 8.48. The van der Waals surface area contributed by atoms with Gasteiger partial charge >= 0.3 is 5.69 Å². The van der Waals surface area contributed by atoms with Crippen molar-refractivity contribution < 1.29 is 27.6 Å². The van der Waals surface area contributed by atoms with Crippen LogP contribution in [-0.4, -0.2) is 77.4 Å². The number of aromatic nitrogens is 3. The Morgan fingerprint density at radius 3 is 2.58 bits per heavy atom. The van der Waals surface area contributed by atoms with E-state index >= 15 is 0 Å². The molecular weight excluding hydrogens is 845 g/mol. The first kappa shape index (κ1) is 42.4. The molecule has 0 bridgehead atoms. The number of carbonyl (C=O) groups excluding carboxylic acids is 1. The van der Waals surface area contributed by atoms with Crippen LogP contribution in [0.1, 0.15) is 91.4 Å². The molecule has 336 valence electrons. The highest BCUT2D eigenvalue weighted by Crippen LogP contribution is 2.54. The number of fused-ring (bicyclic) bond motifs is 2. The number of sulfonamides is 1. The lowest BCUT2D eigenvalue weighted by Crippen LogP contribution is -2.54. The molecule has 3 N–H and O–H groups in total. The first-order chi connectivity index (χ1) is 31.4. The Kier molecular flexibility index (Phi) is 11.2. The molecule has 1 spiro atoms. The molecule has 4 aliphatic rings. The molecule has 1 amide bonds. The van der Waals surface area contributed by atoms with E-state index in [2.05, 4.69) is 72.9 Å². The number of carbonyl (C=O) groups is 1. The fourth-order valence-corrected chi connectivity index (χ4v) is 11.4. The van der Waals surface area contributed by atoms with E-state index in [9.17, 15) is 23.3 Å². The van der Waals surface area contributed by atoms with Gasteiger partial charge in [-0.05, 0) is 104 Å². The number of amides is 1. The summed E-state index contributed by atoms with van der Waals surface area (Å²) in [6.07, 6.45) is 10.7. The summed E-state index contributed by atoms with van der Waals surface area (Å²) < 4.78 is 42.0. The van der Waals surface area contributed by atoms with E-state index in [0.29, 0.717) is 41.2 Å². The lowest BCUT2D eigenvalue weighted by atomic mass is 9.59. The summed E-state index contributed by atoms with van der Waals surface area (Å²) in [7, 11) is -4.76. The summed E-state index contributed by atoms with van der Waals surface area (Å²) in [4.78, 5) is 42.3. The summed E-state index contributed by atoms with van der Waals surface area (Å²) in [5, 5.41) is 15.5. The quantitative estimate of drug-likeness (QED) is 0.0784. The molecule has 3 aliphatic heterocycles. The van der Waals surface area contributed by atoms with Gasteiger partial charge in [0.2, 0.25) is 5.88 Å². The van der Waals surface area contributed by atoms with Gasteiger partial charge in [0, 0.05) is 48.5 Å². The molecule has 15 nitrogen and oxygen atoms in total. The molecular formula is C49H52N8O7S. The number of ether oxygens (including phenoxy) is 2. The highest BCUT2D eigenvalue weighted by atomic mass is 32.2. The third-order valence-electron chi connectivity index (χ3n) is 13.8. The number of nitro groups is 1. The number of hydrogen-bond donors (Lipinski definition) is 3. The van der Waals surface area contributed by atoms with Crippen molar-refractivity contribution >= 4 is 44.0 Å². The van der Waals surface area contributed by atoms with Gasteiger partial charge in [-0.15, -0.1) is 0 Å². The summed E-state index contributed by atoms with van der Waals surface area (Å²) >= 11 is 0. The average molecular weight is 897 g/mol. The standard InChI is InChI=1S/C49H52N8O7S/c1-31(2)38-11-6-7-12-39(38)41-13-8-20-56(41)36-27-49(28-36)17-21-55(22-18-49)35-14-15-40(43(25-35)64-37-24-33-16-19-50-46(33)51-29-37)47(58)54-65(61,62)44-26-42(57(59)60)45-48(53-44)63-30-34(52-45)23-32-9-4-3-5-10-32/h3-7,9-12,14-16,19,24-26,29,31,34,36,41,52H,8,13,17-18,20-23,27-28,30H2,1-2H3,(H,50,51)(H,54,58)/t34-,41+/m0/s1. The predicted octanol–water partition coefficient (Wildman–Crippen LogP) is 8.90. The Morgan fingerprint density at radius 1 is 1.02 bits per heavy atom. The number of pyridine rings is 2. The molecule has 6 heterocycles. The van der Waals surface area contributed by atoms with Crippen molar-refractivity contribution in [2.24, 2.45) is 5.41 Å². The molecule has 0 unspecified atom stereocenters. The molecule has 3 fully saturated rings. The molecule has 2 saturated heterocycles. The zero-order valence-electron chi connectivity index (χ0n) is 36.4. The number of H-pyrrole nitrogens is 1. The predicted molar refractivity (Wildman–Crippen MR) is 247 cm³/mol. The molecule has 2 atom stereocenters. The van der Waals surface area contributed by atoms with Gasteiger partial charge in [-0.1, -0.05) is 68.4 Å². The Labute approximate surface area is 377 Å². The minimum absolute atomic E-state index is 0.0315. The summed E-state index contributed by atoms with van der Waals surface area (Å²) in [5.74, 6) is -0.280. The molecule has 0 radical (unpaired) electrons. The second-order valence-corrected chi connectivity index (χ2v) is 19.9. The Morgan fingerprint density at radius 2 is 1.80 bits per heavy atom.